The Kier molecular flexibility index (Phi) is 3.50. The zero-order valence-electron chi connectivity index (χ0n) is 9.09. The lowest BCUT2D eigenvalue weighted by atomic mass is 10.2. The van der Waals surface area contributed by atoms with Crippen LogP contribution in [-0.4, -0.2) is 18.9 Å². The fourth-order valence-electron chi connectivity index (χ4n) is 1.18. The first-order valence-electron chi connectivity index (χ1n) is 4.81. The molecule has 2 rings (SSSR count). The van der Waals surface area contributed by atoms with Crippen molar-refractivity contribution in [3.63, 3.8) is 0 Å². The highest BCUT2D eigenvalue weighted by molar-refractivity contribution is 7.88. The lowest BCUT2D eigenvalue weighted by Gasteiger charge is -2.06. The van der Waals surface area contributed by atoms with E-state index in [0.29, 0.717) is 22.6 Å². The Hall–Kier alpha value is -1.61. The van der Waals surface area contributed by atoms with Gasteiger partial charge < -0.3 is 4.18 Å². The number of benzene rings is 1. The third-order valence-corrected chi connectivity index (χ3v) is 3.78. The minimum Gasteiger partial charge on any atom is -0.345 e. The fourth-order valence-corrected chi connectivity index (χ4v) is 2.48. The van der Waals surface area contributed by atoms with Crippen LogP contribution in [0.15, 0.2) is 35.7 Å². The summed E-state index contributed by atoms with van der Waals surface area (Å²) in [6, 6.07) is 8.60. The molecule has 9 heteroatoms. The summed E-state index contributed by atoms with van der Waals surface area (Å²) >= 11 is 0.675. The molecule has 0 N–H and O–H groups in total. The molecule has 0 atom stereocenters. The second-order valence-corrected chi connectivity index (χ2v) is 5.71. The second kappa shape index (κ2) is 4.82. The van der Waals surface area contributed by atoms with Gasteiger partial charge in [-0.05, 0) is 0 Å². The van der Waals surface area contributed by atoms with Crippen molar-refractivity contribution in [2.75, 3.05) is 0 Å². The summed E-state index contributed by atoms with van der Waals surface area (Å²) in [5.74, 6) is 0. The van der Waals surface area contributed by atoms with E-state index in [1.165, 1.54) is 5.38 Å². The largest absolute Gasteiger partial charge is 0.534 e. The Bertz CT molecular complexity index is 665. The van der Waals surface area contributed by atoms with E-state index in [1.807, 2.05) is 0 Å². The van der Waals surface area contributed by atoms with Crippen molar-refractivity contribution in [1.29, 1.82) is 0 Å². The lowest BCUT2D eigenvalue weighted by molar-refractivity contribution is -0.0500. The number of hydrogen-bond donors (Lipinski definition) is 0. The van der Waals surface area contributed by atoms with Gasteiger partial charge in [0.15, 0.2) is 0 Å². The van der Waals surface area contributed by atoms with Crippen LogP contribution >= 0.6 is 11.3 Å². The summed E-state index contributed by atoms with van der Waals surface area (Å²) in [4.78, 5) is 3.70. The molecular weight excluding hydrogens is 303 g/mol. The van der Waals surface area contributed by atoms with Crippen molar-refractivity contribution in [3.8, 4) is 16.5 Å². The van der Waals surface area contributed by atoms with E-state index in [4.69, 9.17) is 0 Å². The minimum atomic E-state index is -5.67. The van der Waals surface area contributed by atoms with Gasteiger partial charge in [-0.3, -0.25) is 0 Å². The van der Waals surface area contributed by atoms with Gasteiger partial charge in [0, 0.05) is 10.9 Å². The Labute approximate surface area is 110 Å². The van der Waals surface area contributed by atoms with Gasteiger partial charge in [-0.1, -0.05) is 41.7 Å². The second-order valence-electron chi connectivity index (χ2n) is 3.35. The van der Waals surface area contributed by atoms with E-state index in [0.717, 1.165) is 0 Å². The number of hydrogen-bond acceptors (Lipinski definition) is 5. The topological polar surface area (TPSA) is 56.3 Å². The molecule has 1 aromatic heterocycles. The lowest BCUT2D eigenvalue weighted by Crippen LogP contribution is -2.27. The smallest absolute Gasteiger partial charge is 0.345 e. The van der Waals surface area contributed by atoms with Crippen LogP contribution < -0.4 is 4.18 Å². The summed E-state index contributed by atoms with van der Waals surface area (Å²) in [6.07, 6.45) is 0. The molecule has 102 valence electrons. The molecule has 0 bridgehead atoms. The molecule has 1 aromatic carbocycles. The normalized spacial score (nSPS) is 12.4. The molecule has 0 aliphatic rings. The van der Waals surface area contributed by atoms with E-state index in [2.05, 4.69) is 9.17 Å². The fraction of sp³-hybridized carbons (Fsp3) is 0.100. The molecule has 0 saturated carbocycles. The van der Waals surface area contributed by atoms with Crippen molar-refractivity contribution in [1.82, 2.24) is 4.98 Å². The monoisotopic (exact) mass is 309 g/mol. The van der Waals surface area contributed by atoms with Gasteiger partial charge in [-0.25, -0.2) is 4.98 Å². The highest BCUT2D eigenvalue weighted by Gasteiger charge is 2.49. The van der Waals surface area contributed by atoms with Crippen molar-refractivity contribution in [2.24, 2.45) is 0 Å². The summed E-state index contributed by atoms with van der Waals surface area (Å²) in [5, 5.41) is 0.840. The van der Waals surface area contributed by atoms with E-state index < -0.39 is 20.8 Å². The molecule has 0 spiro atoms. The Morgan fingerprint density at radius 2 is 1.79 bits per heavy atom. The van der Waals surface area contributed by atoms with Gasteiger partial charge >= 0.3 is 15.6 Å². The molecule has 4 nitrogen and oxygen atoms in total. The maximum absolute atomic E-state index is 12.1. The van der Waals surface area contributed by atoms with Gasteiger partial charge in [0.25, 0.3) is 5.19 Å². The molecule has 0 saturated heterocycles. The Balaban J connectivity index is 2.24. The maximum atomic E-state index is 12.1. The van der Waals surface area contributed by atoms with E-state index in [-0.39, 0.29) is 0 Å². The van der Waals surface area contributed by atoms with Crippen molar-refractivity contribution < 1.29 is 25.8 Å². The van der Waals surface area contributed by atoms with E-state index >= 15 is 0 Å². The Morgan fingerprint density at radius 1 is 1.16 bits per heavy atom. The van der Waals surface area contributed by atoms with Crippen LogP contribution in [0, 0.1) is 0 Å². The number of aromatic nitrogens is 1. The van der Waals surface area contributed by atoms with Gasteiger partial charge in [0.05, 0.1) is 5.69 Å². The van der Waals surface area contributed by atoms with Crippen LogP contribution in [0.4, 0.5) is 13.2 Å². The molecule has 0 fully saturated rings. The summed E-state index contributed by atoms with van der Waals surface area (Å²) < 4.78 is 61.8. The van der Waals surface area contributed by atoms with Crippen LogP contribution in [0.2, 0.25) is 0 Å². The SMILES string of the molecule is O=S(=O)(Oc1nc(-c2ccccc2)cs1)C(F)(F)F. The van der Waals surface area contributed by atoms with Gasteiger partial charge in [0.2, 0.25) is 0 Å². The number of rotatable bonds is 3. The molecule has 0 amide bonds. The van der Waals surface area contributed by atoms with Gasteiger partial charge in [-0.2, -0.15) is 21.6 Å². The van der Waals surface area contributed by atoms with Crippen LogP contribution in [-0.2, 0) is 10.1 Å². The van der Waals surface area contributed by atoms with Crippen LogP contribution in [0.25, 0.3) is 11.3 Å². The predicted octanol–water partition coefficient (Wildman–Crippen LogP) is 3.04. The van der Waals surface area contributed by atoms with Crippen LogP contribution in [0.5, 0.6) is 5.19 Å². The zero-order valence-corrected chi connectivity index (χ0v) is 10.7. The highest BCUT2D eigenvalue weighted by Crippen LogP contribution is 2.31. The average molecular weight is 309 g/mol. The number of alkyl halides is 3. The van der Waals surface area contributed by atoms with Crippen molar-refractivity contribution >= 4 is 21.5 Å². The summed E-state index contributed by atoms with van der Waals surface area (Å²) in [5.41, 5.74) is -4.47. The summed E-state index contributed by atoms with van der Waals surface area (Å²) in [7, 11) is -5.67. The number of nitrogens with zero attached hydrogens (tertiary/aromatic N) is 1. The quantitative estimate of drug-likeness (QED) is 0.646. The number of halogens is 3. The third-order valence-electron chi connectivity index (χ3n) is 2.02. The van der Waals surface area contributed by atoms with Gasteiger partial charge in [-0.15, -0.1) is 0 Å². The van der Waals surface area contributed by atoms with Crippen molar-refractivity contribution in [3.05, 3.63) is 35.7 Å². The number of thiazole rings is 1. The molecule has 19 heavy (non-hydrogen) atoms. The minimum absolute atomic E-state index is 0.345. The molecule has 0 radical (unpaired) electrons. The first-order valence-corrected chi connectivity index (χ1v) is 7.10. The van der Waals surface area contributed by atoms with E-state index in [1.54, 1.807) is 30.3 Å². The zero-order chi connectivity index (χ0) is 14.1. The molecular formula is C10H6F3NO3S2. The third kappa shape index (κ3) is 3.04. The van der Waals surface area contributed by atoms with E-state index in [9.17, 15) is 21.6 Å². The van der Waals surface area contributed by atoms with Crippen LogP contribution in [0.1, 0.15) is 0 Å². The molecule has 1 heterocycles. The first-order chi connectivity index (χ1) is 8.79. The first kappa shape index (κ1) is 13.8. The maximum Gasteiger partial charge on any atom is 0.534 e. The summed E-state index contributed by atoms with van der Waals surface area (Å²) in [6.45, 7) is 0. The van der Waals surface area contributed by atoms with Gasteiger partial charge in [0.1, 0.15) is 0 Å². The Morgan fingerprint density at radius 3 is 2.37 bits per heavy atom. The van der Waals surface area contributed by atoms with Crippen LogP contribution in [0.3, 0.4) is 0 Å². The predicted molar refractivity (Wildman–Crippen MR) is 63.2 cm³/mol. The molecule has 0 aliphatic carbocycles. The average Bonchev–Trinajstić information content (AvgIpc) is 2.76. The molecule has 2 aromatic rings. The van der Waals surface area contributed by atoms with Crippen molar-refractivity contribution in [2.45, 2.75) is 5.51 Å². The standard InChI is InChI=1S/C10H6F3NO3S2/c11-10(12,13)19(15,16)17-9-14-8(6-18-9)7-4-2-1-3-5-7/h1-6H. The molecule has 0 unspecified atom stereocenters. The highest BCUT2D eigenvalue weighted by atomic mass is 32.2. The molecule has 0 aliphatic heterocycles.